The van der Waals surface area contributed by atoms with Crippen molar-refractivity contribution in [1.82, 2.24) is 15.0 Å². The zero-order valence-electron chi connectivity index (χ0n) is 12.5. The van der Waals surface area contributed by atoms with Gasteiger partial charge in [0.1, 0.15) is 11.5 Å². The Morgan fingerprint density at radius 3 is 2.71 bits per heavy atom. The van der Waals surface area contributed by atoms with Gasteiger partial charge < -0.3 is 9.71 Å². The Balaban J connectivity index is 1.58. The lowest BCUT2D eigenvalue weighted by atomic mass is 10.3. The minimum atomic E-state index is -0.273. The van der Waals surface area contributed by atoms with Crippen LogP contribution in [-0.4, -0.2) is 15.0 Å². The molecule has 0 saturated heterocycles. The first kappa shape index (κ1) is 14.7. The van der Waals surface area contributed by atoms with Crippen molar-refractivity contribution in [3.05, 3.63) is 72.7 Å². The molecule has 6 heteroatoms. The molecule has 0 saturated carbocycles. The van der Waals surface area contributed by atoms with E-state index in [2.05, 4.69) is 19.7 Å². The zero-order chi connectivity index (χ0) is 16.4. The van der Waals surface area contributed by atoms with Crippen LogP contribution in [0.2, 0.25) is 0 Å². The van der Waals surface area contributed by atoms with Gasteiger partial charge in [-0.2, -0.15) is 0 Å². The van der Waals surface area contributed by atoms with Gasteiger partial charge in [-0.15, -0.1) is 0 Å². The molecule has 2 aromatic carbocycles. The maximum atomic E-state index is 13.6. The Morgan fingerprint density at radius 2 is 1.88 bits per heavy atom. The van der Waals surface area contributed by atoms with Gasteiger partial charge in [-0.25, -0.2) is 9.37 Å². The van der Waals surface area contributed by atoms with Crippen LogP contribution < -0.4 is 4.72 Å². The summed E-state index contributed by atoms with van der Waals surface area (Å²) in [5.41, 5.74) is 3.04. The molecule has 0 aliphatic carbocycles. The lowest BCUT2D eigenvalue weighted by Crippen LogP contribution is -1.90. The number of pyridine rings is 1. The minimum absolute atomic E-state index is 0.273. The Bertz CT molecular complexity index is 985. The van der Waals surface area contributed by atoms with Gasteiger partial charge in [0.25, 0.3) is 0 Å². The molecule has 2 heterocycles. The number of H-pyrrole nitrogens is 1. The van der Waals surface area contributed by atoms with Gasteiger partial charge >= 0.3 is 0 Å². The zero-order valence-corrected chi connectivity index (χ0v) is 13.3. The van der Waals surface area contributed by atoms with E-state index in [1.807, 2.05) is 36.4 Å². The number of anilines is 1. The first-order chi connectivity index (χ1) is 11.8. The van der Waals surface area contributed by atoms with E-state index in [1.165, 1.54) is 18.0 Å². The maximum absolute atomic E-state index is 13.6. The van der Waals surface area contributed by atoms with Crippen LogP contribution in [0, 0.1) is 5.82 Å². The highest BCUT2D eigenvalue weighted by Gasteiger charge is 2.07. The van der Waals surface area contributed by atoms with Gasteiger partial charge in [-0.1, -0.05) is 18.2 Å². The standard InChI is InChI=1S/C18H13FN4S/c19-13-5-1-2-6-14(13)23-24-12-8-9-15-17(11-12)22-18(21-15)16-7-3-4-10-20-16/h1-11,23H,(H,21,22). The summed E-state index contributed by atoms with van der Waals surface area (Å²) in [6.45, 7) is 0. The summed E-state index contributed by atoms with van der Waals surface area (Å²) in [6.07, 6.45) is 1.74. The van der Waals surface area contributed by atoms with Crippen LogP contribution in [0.4, 0.5) is 10.1 Å². The first-order valence-electron chi connectivity index (χ1n) is 7.38. The number of aromatic amines is 1. The lowest BCUT2D eigenvalue weighted by Gasteiger charge is -2.06. The van der Waals surface area contributed by atoms with E-state index in [4.69, 9.17) is 0 Å². The molecule has 0 aliphatic rings. The highest BCUT2D eigenvalue weighted by atomic mass is 32.2. The second kappa shape index (κ2) is 6.33. The molecular formula is C18H13FN4S. The number of hydrogen-bond acceptors (Lipinski definition) is 4. The first-order valence-corrected chi connectivity index (χ1v) is 8.20. The Hall–Kier alpha value is -2.86. The largest absolute Gasteiger partial charge is 0.337 e. The molecule has 2 N–H and O–H groups in total. The summed E-state index contributed by atoms with van der Waals surface area (Å²) in [6, 6.07) is 18.2. The van der Waals surface area contributed by atoms with Crippen molar-refractivity contribution in [1.29, 1.82) is 0 Å². The van der Waals surface area contributed by atoms with Gasteiger partial charge in [-0.3, -0.25) is 4.98 Å². The molecular weight excluding hydrogens is 323 g/mol. The van der Waals surface area contributed by atoms with Crippen molar-refractivity contribution in [2.24, 2.45) is 0 Å². The number of fused-ring (bicyclic) bond motifs is 1. The normalized spacial score (nSPS) is 10.9. The topological polar surface area (TPSA) is 53.6 Å². The molecule has 2 aromatic heterocycles. The van der Waals surface area contributed by atoms with Crippen molar-refractivity contribution in [3.8, 4) is 11.5 Å². The molecule has 0 aliphatic heterocycles. The van der Waals surface area contributed by atoms with Crippen LogP contribution in [0.25, 0.3) is 22.6 Å². The molecule has 24 heavy (non-hydrogen) atoms. The summed E-state index contributed by atoms with van der Waals surface area (Å²) in [4.78, 5) is 13.1. The SMILES string of the molecule is Fc1ccccc1NSc1ccc2nc(-c3ccccn3)[nH]c2c1. The second-order valence-electron chi connectivity index (χ2n) is 5.16. The van der Waals surface area contributed by atoms with Gasteiger partial charge in [0, 0.05) is 11.1 Å². The third-order valence-electron chi connectivity index (χ3n) is 3.51. The third kappa shape index (κ3) is 2.96. The number of imidazole rings is 1. The Kier molecular flexibility index (Phi) is 3.88. The number of nitrogens with zero attached hydrogens (tertiary/aromatic N) is 2. The van der Waals surface area contributed by atoms with Crippen LogP contribution in [-0.2, 0) is 0 Å². The molecule has 0 unspecified atom stereocenters. The van der Waals surface area contributed by atoms with Crippen LogP contribution in [0.3, 0.4) is 0 Å². The minimum Gasteiger partial charge on any atom is -0.337 e. The molecule has 4 rings (SSSR count). The molecule has 118 valence electrons. The Labute approximate surface area is 142 Å². The summed E-state index contributed by atoms with van der Waals surface area (Å²) in [5, 5.41) is 0. The van der Waals surface area contributed by atoms with E-state index < -0.39 is 0 Å². The molecule has 0 fully saturated rings. The fourth-order valence-corrected chi connectivity index (χ4v) is 3.04. The predicted octanol–water partition coefficient (Wildman–Crippen LogP) is 4.88. The summed E-state index contributed by atoms with van der Waals surface area (Å²) in [5.74, 6) is 0.458. The maximum Gasteiger partial charge on any atom is 0.157 e. The summed E-state index contributed by atoms with van der Waals surface area (Å²) < 4.78 is 16.7. The smallest absolute Gasteiger partial charge is 0.157 e. The number of aromatic nitrogens is 3. The number of halogens is 1. The molecule has 4 nitrogen and oxygen atoms in total. The Morgan fingerprint density at radius 1 is 1.00 bits per heavy atom. The fourth-order valence-electron chi connectivity index (χ4n) is 2.33. The van der Waals surface area contributed by atoms with Gasteiger partial charge in [0.05, 0.1) is 16.7 Å². The van der Waals surface area contributed by atoms with Crippen molar-refractivity contribution >= 4 is 28.7 Å². The van der Waals surface area contributed by atoms with E-state index in [0.717, 1.165) is 27.4 Å². The molecule has 0 amide bonds. The average molecular weight is 336 g/mol. The van der Waals surface area contributed by atoms with Crippen LogP contribution in [0.15, 0.2) is 71.8 Å². The number of nitrogens with one attached hydrogen (secondary N) is 2. The number of benzene rings is 2. The highest BCUT2D eigenvalue weighted by Crippen LogP contribution is 2.26. The van der Waals surface area contributed by atoms with Crippen LogP contribution in [0.5, 0.6) is 0 Å². The van der Waals surface area contributed by atoms with Gasteiger partial charge in [0.2, 0.25) is 0 Å². The van der Waals surface area contributed by atoms with Gasteiger partial charge in [-0.05, 0) is 54.4 Å². The highest BCUT2D eigenvalue weighted by molar-refractivity contribution is 8.00. The van der Waals surface area contributed by atoms with Crippen molar-refractivity contribution in [3.63, 3.8) is 0 Å². The second-order valence-corrected chi connectivity index (χ2v) is 6.04. The van der Waals surface area contributed by atoms with Crippen molar-refractivity contribution in [2.75, 3.05) is 4.72 Å². The monoisotopic (exact) mass is 336 g/mol. The fraction of sp³-hybridized carbons (Fsp3) is 0. The number of hydrogen-bond donors (Lipinski definition) is 2. The number of para-hydroxylation sites is 1. The average Bonchev–Trinajstić information content (AvgIpc) is 3.05. The molecule has 0 spiro atoms. The van der Waals surface area contributed by atoms with Gasteiger partial charge in [0.15, 0.2) is 5.82 Å². The van der Waals surface area contributed by atoms with E-state index in [9.17, 15) is 4.39 Å². The molecule has 0 radical (unpaired) electrons. The number of rotatable bonds is 4. The predicted molar refractivity (Wildman–Crippen MR) is 95.2 cm³/mol. The molecule has 0 atom stereocenters. The van der Waals surface area contributed by atoms with Crippen LogP contribution >= 0.6 is 11.9 Å². The quantitative estimate of drug-likeness (QED) is 0.521. The van der Waals surface area contributed by atoms with Crippen molar-refractivity contribution < 1.29 is 4.39 Å². The third-order valence-corrected chi connectivity index (χ3v) is 4.33. The molecule has 0 bridgehead atoms. The van der Waals surface area contributed by atoms with E-state index in [-0.39, 0.29) is 5.82 Å². The van der Waals surface area contributed by atoms with E-state index in [1.54, 1.807) is 24.4 Å². The lowest BCUT2D eigenvalue weighted by molar-refractivity contribution is 0.632. The summed E-state index contributed by atoms with van der Waals surface area (Å²) in [7, 11) is 0. The van der Waals surface area contributed by atoms with Crippen LogP contribution in [0.1, 0.15) is 0 Å². The summed E-state index contributed by atoms with van der Waals surface area (Å²) >= 11 is 1.35. The molecule has 4 aromatic rings. The van der Waals surface area contributed by atoms with E-state index >= 15 is 0 Å². The van der Waals surface area contributed by atoms with Crippen molar-refractivity contribution in [2.45, 2.75) is 4.90 Å². The van der Waals surface area contributed by atoms with E-state index in [0.29, 0.717) is 5.69 Å².